The van der Waals surface area contributed by atoms with Crippen molar-refractivity contribution in [1.82, 2.24) is 10.2 Å². The van der Waals surface area contributed by atoms with Crippen LogP contribution in [0.2, 0.25) is 0 Å². The Kier molecular flexibility index (Phi) is 6.52. The molecule has 1 N–H and O–H groups in total. The van der Waals surface area contributed by atoms with Crippen molar-refractivity contribution < 1.29 is 0 Å². The highest BCUT2D eigenvalue weighted by Crippen LogP contribution is 2.29. The maximum Gasteiger partial charge on any atom is 0.0415 e. The Balaban J connectivity index is 2.12. The molecule has 1 fully saturated rings. The van der Waals surface area contributed by atoms with Crippen molar-refractivity contribution in [3.63, 3.8) is 0 Å². The molecule has 1 aliphatic heterocycles. The number of nitrogens with zero attached hydrogens (tertiary/aromatic N) is 2. The molecule has 21 heavy (non-hydrogen) atoms. The molecule has 0 radical (unpaired) electrons. The number of rotatable bonds is 7. The Labute approximate surface area is 130 Å². The number of benzene rings is 1. The molecule has 0 aromatic heterocycles. The first-order valence-electron chi connectivity index (χ1n) is 8.59. The minimum Gasteiger partial charge on any atom is -0.369 e. The highest BCUT2D eigenvalue weighted by molar-refractivity contribution is 5.55. The van der Waals surface area contributed by atoms with Crippen LogP contribution in [0.5, 0.6) is 0 Å². The Morgan fingerprint density at radius 2 is 1.76 bits per heavy atom. The van der Waals surface area contributed by atoms with E-state index >= 15 is 0 Å². The average molecular weight is 289 g/mol. The van der Waals surface area contributed by atoms with Gasteiger partial charge in [-0.2, -0.15) is 0 Å². The molecule has 3 heteroatoms. The molecule has 0 spiro atoms. The summed E-state index contributed by atoms with van der Waals surface area (Å²) in [7, 11) is 0. The van der Waals surface area contributed by atoms with Gasteiger partial charge >= 0.3 is 0 Å². The van der Waals surface area contributed by atoms with Crippen LogP contribution in [0.4, 0.5) is 5.69 Å². The Hall–Kier alpha value is -1.06. The maximum atomic E-state index is 3.70. The van der Waals surface area contributed by atoms with Gasteiger partial charge in [0.15, 0.2) is 0 Å². The van der Waals surface area contributed by atoms with E-state index in [4.69, 9.17) is 0 Å². The summed E-state index contributed by atoms with van der Waals surface area (Å²) in [5, 5.41) is 3.70. The van der Waals surface area contributed by atoms with E-state index in [1.165, 1.54) is 37.3 Å². The van der Waals surface area contributed by atoms with Crippen LogP contribution in [-0.4, -0.2) is 44.2 Å². The molecular weight excluding hydrogens is 258 g/mol. The highest BCUT2D eigenvalue weighted by Gasteiger charge is 2.20. The van der Waals surface area contributed by atoms with Crippen molar-refractivity contribution in [2.75, 3.05) is 44.2 Å². The number of para-hydroxylation sites is 1. The number of anilines is 1. The molecule has 0 bridgehead atoms. The molecule has 0 amide bonds. The number of nitrogens with one attached hydrogen (secondary N) is 1. The smallest absolute Gasteiger partial charge is 0.0415 e. The number of hydrogen-bond acceptors (Lipinski definition) is 3. The lowest BCUT2D eigenvalue weighted by Crippen LogP contribution is -2.46. The monoisotopic (exact) mass is 289 g/mol. The van der Waals surface area contributed by atoms with Crippen molar-refractivity contribution in [3.05, 3.63) is 29.8 Å². The lowest BCUT2D eigenvalue weighted by molar-refractivity contribution is 0.271. The summed E-state index contributed by atoms with van der Waals surface area (Å²) in [6.45, 7) is 13.7. The summed E-state index contributed by atoms with van der Waals surface area (Å²) in [5.41, 5.74) is 2.90. The normalized spacial score (nSPS) is 18.0. The van der Waals surface area contributed by atoms with Gasteiger partial charge in [0, 0.05) is 37.9 Å². The maximum absolute atomic E-state index is 3.70. The first-order valence-corrected chi connectivity index (χ1v) is 8.59. The molecule has 3 nitrogen and oxygen atoms in total. The predicted molar refractivity (Wildman–Crippen MR) is 92.1 cm³/mol. The molecule has 1 aromatic carbocycles. The second-order valence-corrected chi connectivity index (χ2v) is 5.90. The van der Waals surface area contributed by atoms with E-state index in [9.17, 15) is 0 Å². The molecule has 1 atom stereocenters. The molecule has 1 unspecified atom stereocenters. The zero-order valence-corrected chi connectivity index (χ0v) is 13.9. The minimum absolute atomic E-state index is 0.477. The fraction of sp³-hybridized carbons (Fsp3) is 0.667. The van der Waals surface area contributed by atoms with Gasteiger partial charge in [-0.15, -0.1) is 0 Å². The van der Waals surface area contributed by atoms with Crippen LogP contribution in [0, 0.1) is 0 Å². The van der Waals surface area contributed by atoms with Gasteiger partial charge in [-0.25, -0.2) is 0 Å². The fourth-order valence-corrected chi connectivity index (χ4v) is 3.17. The zero-order valence-electron chi connectivity index (χ0n) is 13.9. The summed E-state index contributed by atoms with van der Waals surface area (Å²) in [6, 6.07) is 9.44. The second kappa shape index (κ2) is 8.40. The standard InChI is InChI=1S/C18H31N3/c1-4-11-19-17(5-2)16-9-7-8-10-18(16)21-14-12-20(6-3)13-15-21/h7-10,17,19H,4-6,11-15H2,1-3H3. The summed E-state index contributed by atoms with van der Waals surface area (Å²) in [4.78, 5) is 5.10. The lowest BCUT2D eigenvalue weighted by atomic mass is 10.0. The fourth-order valence-electron chi connectivity index (χ4n) is 3.17. The summed E-state index contributed by atoms with van der Waals surface area (Å²) >= 11 is 0. The SMILES string of the molecule is CCCNC(CC)c1ccccc1N1CCN(CC)CC1. The third kappa shape index (κ3) is 4.21. The third-order valence-corrected chi connectivity index (χ3v) is 4.52. The second-order valence-electron chi connectivity index (χ2n) is 5.90. The Morgan fingerprint density at radius 3 is 2.38 bits per heavy atom. The van der Waals surface area contributed by atoms with E-state index < -0.39 is 0 Å². The van der Waals surface area contributed by atoms with Crippen molar-refractivity contribution in [2.45, 2.75) is 39.7 Å². The van der Waals surface area contributed by atoms with Gasteiger partial charge in [-0.05, 0) is 37.6 Å². The van der Waals surface area contributed by atoms with E-state index in [0.29, 0.717) is 6.04 Å². The van der Waals surface area contributed by atoms with Crippen LogP contribution in [0.15, 0.2) is 24.3 Å². The molecule has 1 saturated heterocycles. The van der Waals surface area contributed by atoms with Crippen molar-refractivity contribution in [3.8, 4) is 0 Å². The van der Waals surface area contributed by atoms with E-state index in [1.54, 1.807) is 0 Å². The molecule has 0 aliphatic carbocycles. The van der Waals surface area contributed by atoms with Gasteiger partial charge in [0.2, 0.25) is 0 Å². The van der Waals surface area contributed by atoms with Crippen molar-refractivity contribution >= 4 is 5.69 Å². The lowest BCUT2D eigenvalue weighted by Gasteiger charge is -2.37. The predicted octanol–water partition coefficient (Wildman–Crippen LogP) is 3.28. The van der Waals surface area contributed by atoms with E-state index in [-0.39, 0.29) is 0 Å². The van der Waals surface area contributed by atoms with Crippen LogP contribution in [0.3, 0.4) is 0 Å². The van der Waals surface area contributed by atoms with Crippen LogP contribution in [0.25, 0.3) is 0 Å². The number of piperazine rings is 1. The van der Waals surface area contributed by atoms with E-state index in [1.807, 2.05) is 0 Å². The Bertz CT molecular complexity index is 411. The van der Waals surface area contributed by atoms with E-state index in [0.717, 1.165) is 26.1 Å². The number of hydrogen-bond donors (Lipinski definition) is 1. The molecule has 1 aliphatic rings. The third-order valence-electron chi connectivity index (χ3n) is 4.52. The summed E-state index contributed by atoms with van der Waals surface area (Å²) in [6.07, 6.45) is 2.33. The van der Waals surface area contributed by atoms with Crippen molar-refractivity contribution in [1.29, 1.82) is 0 Å². The molecule has 1 heterocycles. The summed E-state index contributed by atoms with van der Waals surface area (Å²) < 4.78 is 0. The highest BCUT2D eigenvalue weighted by atomic mass is 15.3. The van der Waals surface area contributed by atoms with Crippen LogP contribution < -0.4 is 10.2 Å². The average Bonchev–Trinajstić information content (AvgIpc) is 2.56. The summed E-state index contributed by atoms with van der Waals surface area (Å²) in [5.74, 6) is 0. The van der Waals surface area contributed by atoms with Gasteiger partial charge in [-0.1, -0.05) is 39.0 Å². The van der Waals surface area contributed by atoms with Gasteiger partial charge in [0.25, 0.3) is 0 Å². The van der Waals surface area contributed by atoms with Crippen LogP contribution in [-0.2, 0) is 0 Å². The van der Waals surface area contributed by atoms with Gasteiger partial charge in [0.05, 0.1) is 0 Å². The topological polar surface area (TPSA) is 18.5 Å². The van der Waals surface area contributed by atoms with Gasteiger partial charge in [-0.3, -0.25) is 0 Å². The molecule has 1 aromatic rings. The van der Waals surface area contributed by atoms with Gasteiger partial charge < -0.3 is 15.1 Å². The quantitative estimate of drug-likeness (QED) is 0.831. The molecule has 2 rings (SSSR count). The largest absolute Gasteiger partial charge is 0.369 e. The number of likely N-dealkylation sites (N-methyl/N-ethyl adjacent to an activating group) is 1. The van der Waals surface area contributed by atoms with Crippen LogP contribution >= 0.6 is 0 Å². The minimum atomic E-state index is 0.477. The first kappa shape index (κ1) is 16.3. The zero-order chi connectivity index (χ0) is 15.1. The van der Waals surface area contributed by atoms with E-state index in [2.05, 4.69) is 60.2 Å². The first-order chi connectivity index (χ1) is 10.3. The van der Waals surface area contributed by atoms with Crippen molar-refractivity contribution in [2.24, 2.45) is 0 Å². The molecular formula is C18H31N3. The molecule has 0 saturated carbocycles. The van der Waals surface area contributed by atoms with Crippen LogP contribution in [0.1, 0.15) is 45.2 Å². The Morgan fingerprint density at radius 1 is 1.05 bits per heavy atom. The molecule has 118 valence electrons. The van der Waals surface area contributed by atoms with Gasteiger partial charge in [0.1, 0.15) is 0 Å².